The van der Waals surface area contributed by atoms with Gasteiger partial charge in [0.15, 0.2) is 17.0 Å². The number of imidazole rings is 1. The molecule has 216 valence electrons. The SMILES string of the molecule is COc1nc2c(N)nc(OCC3CCOCC3)nc2n1Cc1ccc(-c2cccc(CN3CCCC3)c2)c(CF)c1. The van der Waals surface area contributed by atoms with Gasteiger partial charge in [-0.2, -0.15) is 15.0 Å². The minimum atomic E-state index is -0.569. The van der Waals surface area contributed by atoms with Gasteiger partial charge in [-0.1, -0.05) is 36.4 Å². The highest BCUT2D eigenvalue weighted by atomic mass is 19.1. The van der Waals surface area contributed by atoms with Crippen LogP contribution in [0.15, 0.2) is 42.5 Å². The van der Waals surface area contributed by atoms with Crippen molar-refractivity contribution >= 4 is 17.0 Å². The fourth-order valence-corrected chi connectivity index (χ4v) is 5.81. The highest BCUT2D eigenvalue weighted by molar-refractivity contribution is 5.83. The lowest BCUT2D eigenvalue weighted by Crippen LogP contribution is -2.22. The molecule has 4 aromatic rings. The molecular weight excluding hydrogens is 523 g/mol. The summed E-state index contributed by atoms with van der Waals surface area (Å²) in [7, 11) is 1.55. The summed E-state index contributed by atoms with van der Waals surface area (Å²) in [4.78, 5) is 16.0. The highest BCUT2D eigenvalue weighted by Crippen LogP contribution is 2.30. The average molecular weight is 561 g/mol. The number of nitrogens with zero attached hydrogens (tertiary/aromatic N) is 5. The maximum atomic E-state index is 14.4. The van der Waals surface area contributed by atoms with Crippen LogP contribution in [0.5, 0.6) is 12.0 Å². The topological polar surface area (TPSA) is 101 Å². The summed E-state index contributed by atoms with van der Waals surface area (Å²) in [6, 6.07) is 14.9. The van der Waals surface area contributed by atoms with E-state index in [0.29, 0.717) is 41.8 Å². The number of nitrogens with two attached hydrogens (primary N) is 1. The van der Waals surface area contributed by atoms with E-state index < -0.39 is 6.67 Å². The minimum absolute atomic E-state index is 0.207. The standard InChI is InChI=1S/C31H37FN6O3/c1-39-31-34-27-28(33)35-30(41-20-21-9-13-40-14-10-21)36-29(27)38(31)19-23-7-8-26(25(16-23)17-32)24-6-4-5-22(15-24)18-37-11-2-3-12-37/h4-8,15-16,21H,2-3,9-14,17-20H2,1H3,(H2,33,35,36). The van der Waals surface area contributed by atoms with Gasteiger partial charge in [0.1, 0.15) is 6.67 Å². The van der Waals surface area contributed by atoms with E-state index in [1.54, 1.807) is 7.11 Å². The quantitative estimate of drug-likeness (QED) is 0.289. The Morgan fingerprint density at radius 2 is 1.80 bits per heavy atom. The van der Waals surface area contributed by atoms with E-state index in [-0.39, 0.29) is 11.8 Å². The Labute approximate surface area is 239 Å². The number of anilines is 1. The van der Waals surface area contributed by atoms with E-state index in [2.05, 4.69) is 44.1 Å². The van der Waals surface area contributed by atoms with Crippen LogP contribution in [-0.4, -0.2) is 64.4 Å². The number of alkyl halides is 1. The van der Waals surface area contributed by atoms with Crippen molar-refractivity contribution in [2.45, 2.75) is 45.4 Å². The van der Waals surface area contributed by atoms with Crippen molar-refractivity contribution in [1.82, 2.24) is 24.4 Å². The van der Waals surface area contributed by atoms with Crippen LogP contribution in [0.3, 0.4) is 0 Å². The van der Waals surface area contributed by atoms with Gasteiger partial charge >= 0.3 is 6.01 Å². The van der Waals surface area contributed by atoms with Crippen LogP contribution >= 0.6 is 0 Å². The molecule has 4 heterocycles. The summed E-state index contributed by atoms with van der Waals surface area (Å²) in [5.41, 5.74) is 11.9. The molecule has 0 spiro atoms. The highest BCUT2D eigenvalue weighted by Gasteiger charge is 2.21. The second-order valence-corrected chi connectivity index (χ2v) is 10.9. The predicted molar refractivity (Wildman–Crippen MR) is 156 cm³/mol. The summed E-state index contributed by atoms with van der Waals surface area (Å²) in [6.45, 7) is 4.99. The fraction of sp³-hybridized carbons (Fsp3) is 0.452. The van der Waals surface area contributed by atoms with Gasteiger partial charge in [-0.3, -0.25) is 9.47 Å². The first kappa shape index (κ1) is 27.4. The van der Waals surface area contributed by atoms with Crippen molar-refractivity contribution in [3.63, 3.8) is 0 Å². The molecule has 0 amide bonds. The lowest BCUT2D eigenvalue weighted by atomic mass is 9.96. The number of methoxy groups -OCH3 is 1. The Hall–Kier alpha value is -3.76. The third kappa shape index (κ3) is 6.13. The number of fused-ring (bicyclic) bond motifs is 1. The molecule has 2 aliphatic rings. The molecule has 6 rings (SSSR count). The number of halogens is 1. The largest absolute Gasteiger partial charge is 0.468 e. The number of nitrogen functional groups attached to an aromatic ring is 1. The zero-order valence-electron chi connectivity index (χ0n) is 23.5. The molecule has 0 atom stereocenters. The van der Waals surface area contributed by atoms with E-state index >= 15 is 0 Å². The van der Waals surface area contributed by atoms with Gasteiger partial charge in [0.05, 0.1) is 20.3 Å². The second-order valence-electron chi connectivity index (χ2n) is 10.9. The van der Waals surface area contributed by atoms with Gasteiger partial charge in [-0.05, 0) is 78.6 Å². The fourth-order valence-electron chi connectivity index (χ4n) is 5.81. The van der Waals surface area contributed by atoms with Crippen LogP contribution in [0.1, 0.15) is 42.4 Å². The molecule has 2 aliphatic heterocycles. The number of aromatic nitrogens is 4. The smallest absolute Gasteiger partial charge is 0.320 e. The zero-order valence-corrected chi connectivity index (χ0v) is 23.5. The number of likely N-dealkylation sites (tertiary alicyclic amines) is 1. The van der Waals surface area contributed by atoms with Gasteiger partial charge in [0.2, 0.25) is 0 Å². The Morgan fingerprint density at radius 1 is 1.00 bits per heavy atom. The Balaban J connectivity index is 1.26. The normalized spacial score (nSPS) is 16.4. The molecule has 2 saturated heterocycles. The van der Waals surface area contributed by atoms with Crippen molar-refractivity contribution in [2.24, 2.45) is 5.92 Å². The van der Waals surface area contributed by atoms with Gasteiger partial charge in [-0.25, -0.2) is 4.39 Å². The first-order valence-corrected chi connectivity index (χ1v) is 14.4. The molecule has 2 fully saturated rings. The lowest BCUT2D eigenvalue weighted by Gasteiger charge is -2.21. The third-order valence-electron chi connectivity index (χ3n) is 8.03. The lowest BCUT2D eigenvalue weighted by molar-refractivity contribution is 0.0483. The van der Waals surface area contributed by atoms with Crippen LogP contribution in [-0.2, 0) is 24.5 Å². The van der Waals surface area contributed by atoms with Crippen LogP contribution in [0.25, 0.3) is 22.3 Å². The van der Waals surface area contributed by atoms with E-state index in [9.17, 15) is 4.39 Å². The number of hydrogen-bond donors (Lipinski definition) is 1. The van der Waals surface area contributed by atoms with Crippen molar-refractivity contribution in [3.05, 3.63) is 59.2 Å². The number of rotatable bonds is 10. The second kappa shape index (κ2) is 12.4. The van der Waals surface area contributed by atoms with E-state index in [4.69, 9.17) is 19.9 Å². The summed E-state index contributed by atoms with van der Waals surface area (Å²) in [5, 5.41) is 0. The molecule has 0 unspecified atom stereocenters. The minimum Gasteiger partial charge on any atom is -0.468 e. The van der Waals surface area contributed by atoms with Crippen molar-refractivity contribution in [2.75, 3.05) is 45.8 Å². The van der Waals surface area contributed by atoms with E-state index in [1.165, 1.54) is 18.4 Å². The van der Waals surface area contributed by atoms with E-state index in [1.807, 2.05) is 22.8 Å². The maximum Gasteiger partial charge on any atom is 0.320 e. The molecule has 41 heavy (non-hydrogen) atoms. The Morgan fingerprint density at radius 3 is 2.59 bits per heavy atom. The third-order valence-corrected chi connectivity index (χ3v) is 8.03. The summed E-state index contributed by atoms with van der Waals surface area (Å²) in [6.07, 6.45) is 4.40. The first-order chi connectivity index (χ1) is 20.1. The van der Waals surface area contributed by atoms with Crippen LogP contribution in [0.4, 0.5) is 10.2 Å². The number of benzene rings is 2. The van der Waals surface area contributed by atoms with Crippen molar-refractivity contribution in [3.8, 4) is 23.1 Å². The number of ether oxygens (including phenoxy) is 3. The number of hydrogen-bond acceptors (Lipinski definition) is 8. The predicted octanol–water partition coefficient (Wildman–Crippen LogP) is 5.00. The molecular formula is C31H37FN6O3. The Kier molecular flexibility index (Phi) is 8.29. The summed E-state index contributed by atoms with van der Waals surface area (Å²) in [5.74, 6) is 0.616. The van der Waals surface area contributed by atoms with Crippen molar-refractivity contribution in [1.29, 1.82) is 0 Å². The molecule has 0 radical (unpaired) electrons. The molecule has 2 aromatic carbocycles. The van der Waals surface area contributed by atoms with Gasteiger partial charge in [-0.15, -0.1) is 0 Å². The summed E-state index contributed by atoms with van der Waals surface area (Å²) < 4.78 is 33.2. The monoisotopic (exact) mass is 560 g/mol. The van der Waals surface area contributed by atoms with Gasteiger partial charge in [0, 0.05) is 19.8 Å². The van der Waals surface area contributed by atoms with Gasteiger partial charge in [0.25, 0.3) is 6.01 Å². The Bertz CT molecular complexity index is 1500. The van der Waals surface area contributed by atoms with Crippen molar-refractivity contribution < 1.29 is 18.6 Å². The van der Waals surface area contributed by atoms with Crippen LogP contribution < -0.4 is 15.2 Å². The molecule has 0 aliphatic carbocycles. The molecule has 2 N–H and O–H groups in total. The molecule has 0 saturated carbocycles. The molecule has 10 heteroatoms. The molecule has 9 nitrogen and oxygen atoms in total. The van der Waals surface area contributed by atoms with Crippen LogP contribution in [0, 0.1) is 5.92 Å². The van der Waals surface area contributed by atoms with Crippen LogP contribution in [0.2, 0.25) is 0 Å². The van der Waals surface area contributed by atoms with Gasteiger partial charge < -0.3 is 19.9 Å². The van der Waals surface area contributed by atoms with E-state index in [0.717, 1.165) is 62.4 Å². The first-order valence-electron chi connectivity index (χ1n) is 14.4. The molecule has 0 bridgehead atoms. The molecule has 2 aromatic heterocycles. The zero-order chi connectivity index (χ0) is 28.2. The average Bonchev–Trinajstić information content (AvgIpc) is 3.65. The maximum absolute atomic E-state index is 14.4. The summed E-state index contributed by atoms with van der Waals surface area (Å²) >= 11 is 0.